The summed E-state index contributed by atoms with van der Waals surface area (Å²) in [6.45, 7) is 0. The number of halogens is 8. The van der Waals surface area contributed by atoms with Gasteiger partial charge in [-0.15, -0.1) is 0 Å². The Balaban J connectivity index is 3.26. The van der Waals surface area contributed by atoms with Crippen molar-refractivity contribution in [2.75, 3.05) is 0 Å². The van der Waals surface area contributed by atoms with Gasteiger partial charge in [0.15, 0.2) is 0 Å². The smallest absolute Gasteiger partial charge is 0.166 e. The van der Waals surface area contributed by atoms with Crippen molar-refractivity contribution >= 4 is 33.6 Å². The van der Waals surface area contributed by atoms with Gasteiger partial charge in [-0.1, -0.05) is 27.5 Å². The van der Waals surface area contributed by atoms with Crippen LogP contribution >= 0.6 is 27.5 Å². The van der Waals surface area contributed by atoms with Crippen molar-refractivity contribution in [2.45, 2.75) is 12.4 Å². The van der Waals surface area contributed by atoms with Crippen LogP contribution in [0.3, 0.4) is 0 Å². The third kappa shape index (κ3) is 3.91. The van der Waals surface area contributed by atoms with Crippen molar-refractivity contribution in [3.8, 4) is 0 Å². The molecule has 0 radical (unpaired) electrons. The lowest BCUT2D eigenvalue weighted by Crippen LogP contribution is -2.07. The minimum Gasteiger partial charge on any atom is -0.166 e. The number of hydrogen-bond acceptors (Lipinski definition) is 0. The fraction of sp³-hybridized carbons (Fsp3) is 0.200. The van der Waals surface area contributed by atoms with Gasteiger partial charge in [-0.2, -0.15) is 26.3 Å². The summed E-state index contributed by atoms with van der Waals surface area (Å²) in [5.41, 5.74) is -1.35. The number of rotatable bonds is 1. The molecule has 18 heavy (non-hydrogen) atoms. The van der Waals surface area contributed by atoms with E-state index >= 15 is 0 Å². The molecule has 1 rings (SSSR count). The monoisotopic (exact) mass is 352 g/mol. The van der Waals surface area contributed by atoms with Crippen LogP contribution in [-0.4, -0.2) is 6.18 Å². The first kappa shape index (κ1) is 15.4. The van der Waals surface area contributed by atoms with Crippen LogP contribution in [0.15, 0.2) is 27.7 Å². The Labute approximate surface area is 111 Å². The first-order valence-electron chi connectivity index (χ1n) is 4.33. The topological polar surface area (TPSA) is 0 Å². The highest BCUT2D eigenvalue weighted by Crippen LogP contribution is 2.35. The molecule has 0 N–H and O–H groups in total. The van der Waals surface area contributed by atoms with Gasteiger partial charge in [0.05, 0.1) is 5.56 Å². The highest BCUT2D eigenvalue weighted by molar-refractivity contribution is 9.10. The zero-order chi connectivity index (χ0) is 14.1. The Bertz CT molecular complexity index is 474. The van der Waals surface area contributed by atoms with Crippen LogP contribution < -0.4 is 0 Å². The lowest BCUT2D eigenvalue weighted by atomic mass is 10.1. The molecule has 0 aromatic heterocycles. The van der Waals surface area contributed by atoms with Gasteiger partial charge in [-0.25, -0.2) is 0 Å². The van der Waals surface area contributed by atoms with E-state index in [0.29, 0.717) is 12.1 Å². The molecule has 0 bridgehead atoms. The minimum atomic E-state index is -4.80. The minimum absolute atomic E-state index is 0.0814. The number of alkyl halides is 6. The van der Waals surface area contributed by atoms with E-state index in [9.17, 15) is 26.3 Å². The maximum absolute atomic E-state index is 12.4. The van der Waals surface area contributed by atoms with Gasteiger partial charge >= 0.3 is 12.4 Å². The van der Waals surface area contributed by atoms with E-state index in [0.717, 1.165) is 12.1 Å². The molecular formula is C10H4BrClF6. The summed E-state index contributed by atoms with van der Waals surface area (Å²) in [4.78, 5) is 0. The van der Waals surface area contributed by atoms with Crippen molar-refractivity contribution in [3.63, 3.8) is 0 Å². The van der Waals surface area contributed by atoms with Crippen LogP contribution in [0.1, 0.15) is 11.1 Å². The molecule has 0 nitrogen and oxygen atoms in total. The lowest BCUT2D eigenvalue weighted by Gasteiger charge is -2.09. The summed E-state index contributed by atoms with van der Waals surface area (Å²) < 4.78 is 73.7. The largest absolute Gasteiger partial charge is 0.426 e. The van der Waals surface area contributed by atoms with Crippen molar-refractivity contribution < 1.29 is 26.3 Å². The van der Waals surface area contributed by atoms with Crippen LogP contribution in [0.4, 0.5) is 26.3 Å². The maximum Gasteiger partial charge on any atom is 0.426 e. The number of allylic oxidation sites excluding steroid dienone is 1. The van der Waals surface area contributed by atoms with E-state index in [1.165, 1.54) is 0 Å². The Hall–Kier alpha value is -0.690. The highest BCUT2D eigenvalue weighted by Gasteiger charge is 2.33. The molecule has 0 saturated heterocycles. The zero-order valence-electron chi connectivity index (χ0n) is 8.33. The van der Waals surface area contributed by atoms with Gasteiger partial charge < -0.3 is 0 Å². The number of hydrogen-bond donors (Lipinski definition) is 0. The average molecular weight is 353 g/mol. The van der Waals surface area contributed by atoms with E-state index in [1.807, 2.05) is 0 Å². The van der Waals surface area contributed by atoms with Crippen LogP contribution in [0.5, 0.6) is 0 Å². The molecule has 1 aromatic rings. The molecule has 0 amide bonds. The van der Waals surface area contributed by atoms with Crippen LogP contribution in [0.25, 0.3) is 6.08 Å². The summed E-state index contributed by atoms with van der Waals surface area (Å²) in [7, 11) is 0. The highest BCUT2D eigenvalue weighted by atomic mass is 79.9. The fourth-order valence-electron chi connectivity index (χ4n) is 1.05. The quantitative estimate of drug-likeness (QED) is 0.576. The molecule has 8 heteroatoms. The van der Waals surface area contributed by atoms with Crippen molar-refractivity contribution in [2.24, 2.45) is 0 Å². The molecule has 0 aliphatic rings. The van der Waals surface area contributed by atoms with Gasteiger partial charge in [0, 0.05) is 4.47 Å². The number of benzene rings is 1. The Morgan fingerprint density at radius 3 is 2.11 bits per heavy atom. The molecule has 100 valence electrons. The van der Waals surface area contributed by atoms with Gasteiger partial charge in [0.2, 0.25) is 0 Å². The normalized spacial score (nSPS) is 13.9. The Kier molecular flexibility index (Phi) is 4.38. The summed E-state index contributed by atoms with van der Waals surface area (Å²) in [5.74, 6) is 0. The fourth-order valence-corrected chi connectivity index (χ4v) is 1.53. The summed E-state index contributed by atoms with van der Waals surface area (Å²) >= 11 is 7.82. The summed E-state index contributed by atoms with van der Waals surface area (Å²) in [6.07, 6.45) is -9.00. The van der Waals surface area contributed by atoms with E-state index in [1.54, 1.807) is 0 Å². The van der Waals surface area contributed by atoms with Crippen LogP contribution in [-0.2, 0) is 6.18 Å². The van der Waals surface area contributed by atoms with Gasteiger partial charge in [-0.05, 0) is 29.8 Å². The SMILES string of the molecule is FC(F)(F)/C(Cl)=C/c1cc(C(F)(F)F)ccc1Br. The molecule has 0 unspecified atom stereocenters. The lowest BCUT2D eigenvalue weighted by molar-refractivity contribution is -0.137. The van der Waals surface area contributed by atoms with E-state index in [-0.39, 0.29) is 10.0 Å². The van der Waals surface area contributed by atoms with Crippen LogP contribution in [0, 0.1) is 0 Å². The molecule has 0 atom stereocenters. The molecule has 0 aliphatic carbocycles. The molecule has 0 saturated carbocycles. The third-order valence-corrected chi connectivity index (χ3v) is 2.92. The molecule has 0 aliphatic heterocycles. The molecular weight excluding hydrogens is 349 g/mol. The summed E-state index contributed by atoms with van der Waals surface area (Å²) in [6, 6.07) is 2.34. The third-order valence-electron chi connectivity index (χ3n) is 1.88. The molecule has 0 spiro atoms. The second-order valence-electron chi connectivity index (χ2n) is 3.22. The Morgan fingerprint density at radius 1 is 1.11 bits per heavy atom. The molecule has 0 heterocycles. The van der Waals surface area contributed by atoms with Crippen molar-refractivity contribution in [3.05, 3.63) is 38.8 Å². The second-order valence-corrected chi connectivity index (χ2v) is 4.49. The Morgan fingerprint density at radius 2 is 1.67 bits per heavy atom. The van der Waals surface area contributed by atoms with Gasteiger partial charge in [0.25, 0.3) is 0 Å². The van der Waals surface area contributed by atoms with Crippen LogP contribution in [0.2, 0.25) is 0 Å². The van der Waals surface area contributed by atoms with Crippen molar-refractivity contribution in [1.82, 2.24) is 0 Å². The van der Waals surface area contributed by atoms with E-state index in [2.05, 4.69) is 15.9 Å². The average Bonchev–Trinajstić information content (AvgIpc) is 2.18. The molecule has 1 aromatic carbocycles. The van der Waals surface area contributed by atoms with E-state index in [4.69, 9.17) is 11.6 Å². The first-order valence-corrected chi connectivity index (χ1v) is 5.50. The van der Waals surface area contributed by atoms with Gasteiger partial charge in [-0.3, -0.25) is 0 Å². The predicted molar refractivity (Wildman–Crippen MR) is 59.0 cm³/mol. The summed E-state index contributed by atoms with van der Waals surface area (Å²) in [5, 5.41) is -1.50. The standard InChI is InChI=1S/C10H4BrClF6/c11-7-2-1-6(9(13,14)15)3-5(7)4-8(12)10(16,17)18/h1-4H/b8-4-. The zero-order valence-corrected chi connectivity index (χ0v) is 10.7. The predicted octanol–water partition coefficient (Wildman–Crippen LogP) is 5.61. The first-order chi connectivity index (χ1) is 8.01. The van der Waals surface area contributed by atoms with E-state index < -0.39 is 22.9 Å². The van der Waals surface area contributed by atoms with Gasteiger partial charge in [0.1, 0.15) is 5.03 Å². The second kappa shape index (κ2) is 5.13. The van der Waals surface area contributed by atoms with Crippen molar-refractivity contribution in [1.29, 1.82) is 0 Å². The molecule has 0 fully saturated rings. The maximum atomic E-state index is 12.4.